The monoisotopic (exact) mass is 622 g/mol. The fraction of sp³-hybridized carbons (Fsp3) is 0.865. The smallest absolute Gasteiger partial charge is 0.334 e. The largest absolute Gasteiger partial charge is 0.455 e. The number of ether oxygens (including phenoxy) is 2. The van der Waals surface area contributed by atoms with Crippen LogP contribution in [0.3, 0.4) is 0 Å². The van der Waals surface area contributed by atoms with E-state index in [1.54, 1.807) is 13.0 Å². The summed E-state index contributed by atoms with van der Waals surface area (Å²) in [6, 6.07) is 0. The number of unbranched alkanes of at least 4 members (excludes halogenated alkanes) is 11. The maximum atomic E-state index is 11.7. The van der Waals surface area contributed by atoms with Crippen LogP contribution < -0.4 is 0 Å². The van der Waals surface area contributed by atoms with Crippen molar-refractivity contribution in [3.05, 3.63) is 23.8 Å². The van der Waals surface area contributed by atoms with Gasteiger partial charge in [0.05, 0.1) is 36.6 Å². The molecule has 0 bridgehead atoms. The summed E-state index contributed by atoms with van der Waals surface area (Å²) in [6.45, 7) is 4.06. The van der Waals surface area contributed by atoms with E-state index in [4.69, 9.17) is 9.47 Å². The molecule has 1 saturated heterocycles. The quantitative estimate of drug-likeness (QED) is 0.0423. The minimum Gasteiger partial charge on any atom is -0.455 e. The van der Waals surface area contributed by atoms with Gasteiger partial charge < -0.3 is 29.9 Å². The lowest BCUT2D eigenvalue weighted by Crippen LogP contribution is -2.30. The molecule has 0 saturated carbocycles. The average molecular weight is 623 g/mol. The summed E-state index contributed by atoms with van der Waals surface area (Å²) in [4.78, 5) is 11.7. The summed E-state index contributed by atoms with van der Waals surface area (Å²) in [6.07, 6.45) is 26.4. The van der Waals surface area contributed by atoms with Crippen LogP contribution >= 0.6 is 0 Å². The lowest BCUT2D eigenvalue weighted by Gasteiger charge is -2.22. The number of rotatable bonds is 27. The van der Waals surface area contributed by atoms with Gasteiger partial charge in [-0.15, -0.1) is 0 Å². The van der Waals surface area contributed by atoms with Gasteiger partial charge in [-0.1, -0.05) is 89.7 Å². The maximum Gasteiger partial charge on any atom is 0.334 e. The maximum absolute atomic E-state index is 11.7. The molecule has 7 heteroatoms. The Hall–Kier alpha value is -1.25. The number of carbonyl (C=O) groups is 1. The molecule has 0 spiro atoms. The molecule has 4 N–H and O–H groups in total. The summed E-state index contributed by atoms with van der Waals surface area (Å²) in [5.41, 5.74) is 0.551. The predicted octanol–water partition coefficient (Wildman–Crippen LogP) is 7.62. The van der Waals surface area contributed by atoms with E-state index in [1.807, 2.05) is 0 Å². The summed E-state index contributed by atoms with van der Waals surface area (Å²) in [7, 11) is 0. The molecule has 2 aliphatic rings. The molecule has 2 aliphatic heterocycles. The number of aliphatic hydroxyl groups is 4. The first kappa shape index (κ1) is 38.9. The highest BCUT2D eigenvalue weighted by Gasteiger charge is 2.34. The third kappa shape index (κ3) is 17.4. The van der Waals surface area contributed by atoms with Gasteiger partial charge in [0.15, 0.2) is 0 Å². The molecule has 0 aliphatic carbocycles. The molecule has 0 aromatic carbocycles. The Morgan fingerprint density at radius 2 is 1.25 bits per heavy atom. The van der Waals surface area contributed by atoms with Gasteiger partial charge in [-0.25, -0.2) is 4.79 Å². The van der Waals surface area contributed by atoms with Crippen molar-refractivity contribution in [1.29, 1.82) is 0 Å². The Morgan fingerprint density at radius 1 is 0.705 bits per heavy atom. The Labute approximate surface area is 268 Å². The van der Waals surface area contributed by atoms with Crippen LogP contribution in [0.5, 0.6) is 0 Å². The van der Waals surface area contributed by atoms with Crippen molar-refractivity contribution >= 4 is 5.97 Å². The summed E-state index contributed by atoms with van der Waals surface area (Å²) in [5, 5.41) is 41.7. The molecule has 2 heterocycles. The fourth-order valence-electron chi connectivity index (χ4n) is 6.48. The number of esters is 1. The Bertz CT molecular complexity index is 797. The van der Waals surface area contributed by atoms with Crippen molar-refractivity contribution in [3.8, 4) is 0 Å². The fourth-order valence-corrected chi connectivity index (χ4v) is 6.48. The zero-order valence-electron chi connectivity index (χ0n) is 28.1. The van der Waals surface area contributed by atoms with E-state index in [9.17, 15) is 25.2 Å². The molecule has 2 rings (SSSR count). The Morgan fingerprint density at radius 3 is 1.91 bits per heavy atom. The van der Waals surface area contributed by atoms with Gasteiger partial charge in [0.1, 0.15) is 6.10 Å². The van der Waals surface area contributed by atoms with E-state index in [1.165, 1.54) is 51.4 Å². The van der Waals surface area contributed by atoms with E-state index in [2.05, 4.69) is 19.1 Å². The molecule has 0 radical (unpaired) electrons. The molecular weight excluding hydrogens is 556 g/mol. The Kier molecular flexibility index (Phi) is 21.2. The molecule has 0 aromatic rings. The molecule has 0 amide bonds. The van der Waals surface area contributed by atoms with Crippen LogP contribution in [0.2, 0.25) is 0 Å². The standard InChI is InChI=1S/C37H66O7/c1-3-4-5-6-7-8-9-10-11-12-13-17-23-33(40)35-25-26-36(44-35)34(41)24-18-15-14-16-20-31(38)21-19-22-32(39)28-30-27-29(2)43-37(30)42/h12-13,27,29,31-36,38-41H,3-11,14-26,28H2,1-2H3/b13-12-. The molecule has 44 heavy (non-hydrogen) atoms. The van der Waals surface area contributed by atoms with Crippen LogP contribution in [0.25, 0.3) is 0 Å². The van der Waals surface area contributed by atoms with Crippen molar-refractivity contribution in [2.45, 2.75) is 204 Å². The number of hydrogen-bond acceptors (Lipinski definition) is 7. The molecule has 7 atom stereocenters. The third-order valence-corrected chi connectivity index (χ3v) is 9.27. The van der Waals surface area contributed by atoms with Crippen LogP contribution in [0.15, 0.2) is 23.8 Å². The van der Waals surface area contributed by atoms with Gasteiger partial charge in [0, 0.05) is 12.0 Å². The number of allylic oxidation sites excluding steroid dienone is 2. The van der Waals surface area contributed by atoms with E-state index in [0.717, 1.165) is 64.2 Å². The van der Waals surface area contributed by atoms with Crippen LogP contribution in [-0.2, 0) is 14.3 Å². The second-order valence-electron chi connectivity index (χ2n) is 13.5. The lowest BCUT2D eigenvalue weighted by atomic mass is 9.99. The van der Waals surface area contributed by atoms with Crippen LogP contribution in [0, 0.1) is 0 Å². The highest BCUT2D eigenvalue weighted by molar-refractivity contribution is 5.90. The topological polar surface area (TPSA) is 116 Å². The van der Waals surface area contributed by atoms with Crippen LogP contribution in [0.1, 0.15) is 162 Å². The molecule has 0 aromatic heterocycles. The van der Waals surface area contributed by atoms with Gasteiger partial charge in [0.25, 0.3) is 0 Å². The van der Waals surface area contributed by atoms with Gasteiger partial charge >= 0.3 is 5.97 Å². The first-order valence-corrected chi connectivity index (χ1v) is 18.2. The molecule has 7 unspecified atom stereocenters. The third-order valence-electron chi connectivity index (χ3n) is 9.27. The zero-order valence-corrected chi connectivity index (χ0v) is 28.1. The van der Waals surface area contributed by atoms with Gasteiger partial charge in [-0.2, -0.15) is 0 Å². The van der Waals surface area contributed by atoms with Crippen LogP contribution in [-0.4, -0.2) is 69.1 Å². The minimum atomic E-state index is -0.587. The number of aliphatic hydroxyl groups excluding tert-OH is 4. The molecular formula is C37H66O7. The van der Waals surface area contributed by atoms with Gasteiger partial charge in [-0.05, 0) is 83.6 Å². The highest BCUT2D eigenvalue weighted by atomic mass is 16.5. The van der Waals surface area contributed by atoms with Crippen molar-refractivity contribution in [1.82, 2.24) is 0 Å². The zero-order chi connectivity index (χ0) is 32.0. The second-order valence-corrected chi connectivity index (χ2v) is 13.5. The van der Waals surface area contributed by atoms with E-state index in [-0.39, 0.29) is 30.4 Å². The number of hydrogen-bond donors (Lipinski definition) is 4. The minimum absolute atomic E-state index is 0.168. The van der Waals surface area contributed by atoms with Crippen molar-refractivity contribution in [2.24, 2.45) is 0 Å². The van der Waals surface area contributed by atoms with E-state index >= 15 is 0 Å². The lowest BCUT2D eigenvalue weighted by molar-refractivity contribution is -0.139. The van der Waals surface area contributed by atoms with Crippen molar-refractivity contribution < 1.29 is 34.7 Å². The Balaban J connectivity index is 1.41. The summed E-state index contributed by atoms with van der Waals surface area (Å²) < 4.78 is 11.1. The van der Waals surface area contributed by atoms with Crippen molar-refractivity contribution in [3.63, 3.8) is 0 Å². The normalized spacial score (nSPS) is 23.2. The molecule has 1 fully saturated rings. The molecule has 7 nitrogen and oxygen atoms in total. The molecule has 256 valence electrons. The second kappa shape index (κ2) is 24.0. The summed E-state index contributed by atoms with van der Waals surface area (Å²) >= 11 is 0. The number of cyclic esters (lactones) is 1. The predicted molar refractivity (Wildman–Crippen MR) is 177 cm³/mol. The van der Waals surface area contributed by atoms with Crippen molar-refractivity contribution in [2.75, 3.05) is 0 Å². The highest BCUT2D eigenvalue weighted by Crippen LogP contribution is 2.28. The van der Waals surface area contributed by atoms with E-state index < -0.39 is 18.3 Å². The van der Waals surface area contributed by atoms with Crippen LogP contribution in [0.4, 0.5) is 0 Å². The SMILES string of the molecule is CCCCCCCCCC/C=C\CCC(O)C1CCC(C(O)CCCCCCC(O)CCCC(O)CC2=CC(C)OC2=O)O1. The number of carbonyl (C=O) groups excluding carboxylic acids is 1. The van der Waals surface area contributed by atoms with Gasteiger partial charge in [-0.3, -0.25) is 0 Å². The van der Waals surface area contributed by atoms with Gasteiger partial charge in [0.2, 0.25) is 0 Å². The summed E-state index contributed by atoms with van der Waals surface area (Å²) in [5.74, 6) is -0.332. The first-order valence-electron chi connectivity index (χ1n) is 18.2. The average Bonchev–Trinajstić information content (AvgIpc) is 3.61. The first-order chi connectivity index (χ1) is 21.3. The van der Waals surface area contributed by atoms with E-state index in [0.29, 0.717) is 37.7 Å².